The third-order valence-corrected chi connectivity index (χ3v) is 9.70. The van der Waals surface area contributed by atoms with Gasteiger partial charge in [-0.05, 0) is 80.6 Å². The molecule has 1 atom stereocenters. The van der Waals surface area contributed by atoms with Crippen LogP contribution in [0.1, 0.15) is 67.3 Å². The number of rotatable bonds is 16. The zero-order chi connectivity index (χ0) is 46.4. The van der Waals surface area contributed by atoms with Crippen molar-refractivity contribution in [2.24, 2.45) is 0 Å². The number of para-hydroxylation sites is 2. The van der Waals surface area contributed by atoms with Gasteiger partial charge in [0.05, 0.1) is 42.8 Å². The Labute approximate surface area is 398 Å². The molecular weight excluding hydrogens is 904 g/mol. The Kier molecular flexibility index (Phi) is 23.8. The normalized spacial score (nSPS) is 10.2. The van der Waals surface area contributed by atoms with Gasteiger partial charge >= 0.3 is 11.3 Å². The summed E-state index contributed by atoms with van der Waals surface area (Å²) in [6.45, 7) is 3.30. The lowest BCUT2D eigenvalue weighted by Gasteiger charge is -2.09. The molecule has 0 aliphatic carbocycles. The molecule has 4 N–H and O–H groups in total. The topological polar surface area (TPSA) is 186 Å². The molecule has 13 nitrogen and oxygen atoms in total. The fraction of sp³-hybridized carbons (Fsp3) is 0.160. The standard InChI is InChI=1S/C22H20N2O4S.C16H15NO3.C10H9Cl2NO2.2CH4/c1-16-7-13-20(14-8-16)28-29(27)24-19-11-9-18(10-12-19)23-22(26)15-21(25)17-5-3-2-4-6-17;1-20-15-10-6-5-9-13(15)17-16(19)11-14(18)12-7-3-2-4-8-12;1-6(14)4-10(15)13-9-5-7(11)2-3-8(9)12;;/h2-14,24H,15H2,1H3,(H,23,26);2-10H,11H2,1H3,(H,17,19);2-3,5H,4H2,1H3,(H,13,15);2*1H4. The van der Waals surface area contributed by atoms with E-state index in [1.54, 1.807) is 115 Å². The summed E-state index contributed by atoms with van der Waals surface area (Å²) in [6.07, 6.45) is -0.594. The Morgan fingerprint density at radius 1 is 0.561 bits per heavy atom. The predicted octanol–water partition coefficient (Wildman–Crippen LogP) is 11.4. The number of anilines is 4. The van der Waals surface area contributed by atoms with E-state index in [0.29, 0.717) is 55.4 Å². The maximum Gasteiger partial charge on any atom is 0.316 e. The fourth-order valence-electron chi connectivity index (χ4n) is 5.33. The van der Waals surface area contributed by atoms with Crippen LogP contribution in [0.5, 0.6) is 11.5 Å². The second-order valence-electron chi connectivity index (χ2n) is 13.6. The largest absolute Gasteiger partial charge is 0.495 e. The van der Waals surface area contributed by atoms with Crippen LogP contribution in [0, 0.1) is 6.92 Å². The summed E-state index contributed by atoms with van der Waals surface area (Å²) in [5, 5.41) is 8.71. The molecule has 0 saturated carbocycles. The van der Waals surface area contributed by atoms with E-state index < -0.39 is 23.1 Å². The summed E-state index contributed by atoms with van der Waals surface area (Å²) < 4.78 is 25.2. The number of hydrogen-bond acceptors (Lipinski definition) is 9. The summed E-state index contributed by atoms with van der Waals surface area (Å²) in [5.41, 5.74) is 4.18. The van der Waals surface area contributed by atoms with Gasteiger partial charge in [-0.25, -0.2) is 0 Å². The monoisotopic (exact) mass is 954 g/mol. The van der Waals surface area contributed by atoms with E-state index in [0.717, 1.165) is 5.56 Å². The van der Waals surface area contributed by atoms with Gasteiger partial charge in [0, 0.05) is 27.5 Å². The number of aryl methyl sites for hydroxylation is 1. The van der Waals surface area contributed by atoms with Gasteiger partial charge in [0.25, 0.3) is 0 Å². The van der Waals surface area contributed by atoms with Gasteiger partial charge in [0.15, 0.2) is 11.6 Å². The Morgan fingerprint density at radius 2 is 1.05 bits per heavy atom. The molecule has 346 valence electrons. The summed E-state index contributed by atoms with van der Waals surface area (Å²) in [7, 11) is 1.53. The third-order valence-electron chi connectivity index (χ3n) is 8.39. The molecule has 3 amide bonds. The van der Waals surface area contributed by atoms with Crippen molar-refractivity contribution >= 4 is 92.3 Å². The van der Waals surface area contributed by atoms with Crippen LogP contribution >= 0.6 is 23.2 Å². The molecule has 66 heavy (non-hydrogen) atoms. The van der Waals surface area contributed by atoms with E-state index in [4.69, 9.17) is 32.1 Å². The van der Waals surface area contributed by atoms with Gasteiger partial charge in [-0.15, -0.1) is 0 Å². The van der Waals surface area contributed by atoms with Crippen LogP contribution in [0.2, 0.25) is 10.0 Å². The molecule has 0 spiro atoms. The number of halogens is 2. The second kappa shape index (κ2) is 28.6. The quantitative estimate of drug-likeness (QED) is 0.0541. The maximum absolute atomic E-state index is 12.1. The lowest BCUT2D eigenvalue weighted by molar-refractivity contribution is -0.124. The molecule has 6 rings (SSSR count). The lowest BCUT2D eigenvalue weighted by Crippen LogP contribution is -2.17. The minimum absolute atomic E-state index is 0. The first-order valence-electron chi connectivity index (χ1n) is 19.4. The molecule has 16 heteroatoms. The van der Waals surface area contributed by atoms with Crippen LogP contribution in [-0.4, -0.2) is 46.4 Å². The van der Waals surface area contributed by atoms with Gasteiger partial charge in [-0.1, -0.05) is 129 Å². The summed E-state index contributed by atoms with van der Waals surface area (Å²) >= 11 is 9.79. The number of carbonyl (C=O) groups excluding carboxylic acids is 6. The summed E-state index contributed by atoms with van der Waals surface area (Å²) in [4.78, 5) is 69.9. The summed E-state index contributed by atoms with van der Waals surface area (Å²) in [6, 6.07) is 43.0. The molecule has 0 aromatic heterocycles. The number of ether oxygens (including phenoxy) is 1. The Morgan fingerprint density at radius 3 is 1.59 bits per heavy atom. The van der Waals surface area contributed by atoms with Crippen molar-refractivity contribution in [2.75, 3.05) is 27.8 Å². The van der Waals surface area contributed by atoms with Gasteiger partial charge in [0.1, 0.15) is 17.3 Å². The first-order chi connectivity index (χ1) is 30.7. The van der Waals surface area contributed by atoms with Gasteiger partial charge in [-0.3, -0.25) is 33.5 Å². The molecule has 0 aliphatic rings. The average Bonchev–Trinajstić information content (AvgIpc) is 3.27. The third kappa shape index (κ3) is 19.7. The number of nitrogens with one attached hydrogen (secondary N) is 4. The molecule has 6 aromatic carbocycles. The highest BCUT2D eigenvalue weighted by molar-refractivity contribution is 7.81. The highest BCUT2D eigenvalue weighted by atomic mass is 35.5. The van der Waals surface area contributed by atoms with Crippen LogP contribution in [0.3, 0.4) is 0 Å². The minimum Gasteiger partial charge on any atom is -0.495 e. The molecule has 6 aromatic rings. The highest BCUT2D eigenvalue weighted by Gasteiger charge is 2.14. The van der Waals surface area contributed by atoms with Gasteiger partial charge in [-0.2, -0.15) is 4.21 Å². The van der Waals surface area contributed by atoms with E-state index >= 15 is 0 Å². The lowest BCUT2D eigenvalue weighted by atomic mass is 10.1. The van der Waals surface area contributed by atoms with Crippen LogP contribution in [-0.2, 0) is 30.4 Å². The number of Topliss-reactive ketones (excluding diaryl/α,β-unsaturated/α-hetero) is 3. The SMILES string of the molecule is C.C.CC(=O)CC(=O)Nc1cc(Cl)ccc1Cl.COc1ccccc1NC(=O)CC(=O)c1ccccc1.Cc1ccc(OS(=O)Nc2ccc(NC(=O)CC(=O)c3ccccc3)cc2)cc1. The highest BCUT2D eigenvalue weighted by Crippen LogP contribution is 2.26. The van der Waals surface area contributed by atoms with Crippen LogP contribution in [0.25, 0.3) is 0 Å². The smallest absolute Gasteiger partial charge is 0.316 e. The number of methoxy groups -OCH3 is 1. The van der Waals surface area contributed by atoms with Crippen molar-refractivity contribution in [1.82, 2.24) is 0 Å². The Bertz CT molecular complexity index is 2560. The Hall–Kier alpha value is -7.13. The van der Waals surface area contributed by atoms with Crippen molar-refractivity contribution < 1.29 is 41.9 Å². The molecule has 0 fully saturated rings. The number of carbonyl (C=O) groups is 6. The van der Waals surface area contributed by atoms with Crippen molar-refractivity contribution in [3.63, 3.8) is 0 Å². The summed E-state index contributed by atoms with van der Waals surface area (Å²) in [5.74, 6) is -0.754. The van der Waals surface area contributed by atoms with E-state index in [2.05, 4.69) is 20.7 Å². The van der Waals surface area contributed by atoms with Crippen LogP contribution in [0.4, 0.5) is 22.7 Å². The van der Waals surface area contributed by atoms with Crippen molar-refractivity contribution in [1.29, 1.82) is 0 Å². The first-order valence-corrected chi connectivity index (χ1v) is 21.2. The minimum atomic E-state index is -1.76. The van der Waals surface area contributed by atoms with E-state index in [9.17, 15) is 33.0 Å². The average molecular weight is 956 g/mol. The zero-order valence-corrected chi connectivity index (χ0v) is 37.2. The van der Waals surface area contributed by atoms with E-state index in [1.807, 2.05) is 37.3 Å². The molecule has 0 bridgehead atoms. The molecule has 1 unspecified atom stereocenters. The van der Waals surface area contributed by atoms with Crippen molar-refractivity contribution in [3.05, 3.63) is 178 Å². The number of benzene rings is 6. The molecule has 0 aliphatic heterocycles. The number of amides is 3. The Balaban J connectivity index is 0.000000355. The van der Waals surface area contributed by atoms with Crippen molar-refractivity contribution in [3.8, 4) is 11.5 Å². The van der Waals surface area contributed by atoms with Crippen LogP contribution in [0.15, 0.2) is 152 Å². The zero-order valence-electron chi connectivity index (χ0n) is 34.9. The number of ketones is 3. The van der Waals surface area contributed by atoms with Gasteiger partial charge < -0.3 is 24.9 Å². The first kappa shape index (κ1) is 55.0. The molecular formula is C50H52Cl2N4O9S. The fourth-order valence-corrected chi connectivity index (χ4v) is 6.32. The molecule has 0 heterocycles. The van der Waals surface area contributed by atoms with Crippen LogP contribution < -0.4 is 29.6 Å². The van der Waals surface area contributed by atoms with E-state index in [1.165, 1.54) is 20.1 Å². The maximum atomic E-state index is 12.1. The second-order valence-corrected chi connectivity index (χ2v) is 15.3. The van der Waals surface area contributed by atoms with E-state index in [-0.39, 0.29) is 57.4 Å². The molecule has 0 saturated heterocycles. The number of hydrogen-bond donors (Lipinski definition) is 4. The predicted molar refractivity (Wildman–Crippen MR) is 265 cm³/mol. The molecule has 0 radical (unpaired) electrons. The van der Waals surface area contributed by atoms with Gasteiger partial charge in [0.2, 0.25) is 17.7 Å². The van der Waals surface area contributed by atoms with Crippen molar-refractivity contribution in [2.45, 2.75) is 48.0 Å².